The molecule has 0 radical (unpaired) electrons. The average molecular weight is 170 g/mol. The van der Waals surface area contributed by atoms with Crippen LogP contribution in [0.5, 0.6) is 0 Å². The third-order valence-electron chi connectivity index (χ3n) is 2.27. The molecule has 0 bridgehead atoms. The third-order valence-corrected chi connectivity index (χ3v) is 2.27. The number of benzene rings is 1. The second-order valence-corrected chi connectivity index (χ2v) is 3.07. The molecule has 2 rings (SSSR count). The van der Waals surface area contributed by atoms with Crippen LogP contribution in [0.25, 0.3) is 0 Å². The molecule has 2 N–H and O–H groups in total. The topological polar surface area (TPSA) is 47.7 Å². The molecule has 0 amide bonds. The molecule has 0 heterocycles. The SMILES string of the molecule is N=C/C=C1/Cc2ccccc2C1=N. The van der Waals surface area contributed by atoms with Crippen molar-refractivity contribution in [1.82, 2.24) is 0 Å². The van der Waals surface area contributed by atoms with E-state index in [0.29, 0.717) is 5.71 Å². The van der Waals surface area contributed by atoms with Gasteiger partial charge in [0.25, 0.3) is 0 Å². The van der Waals surface area contributed by atoms with Crippen LogP contribution in [0.1, 0.15) is 11.1 Å². The van der Waals surface area contributed by atoms with E-state index >= 15 is 0 Å². The summed E-state index contributed by atoms with van der Waals surface area (Å²) in [6.45, 7) is 0. The van der Waals surface area contributed by atoms with Crippen LogP contribution >= 0.6 is 0 Å². The Morgan fingerprint density at radius 3 is 2.69 bits per heavy atom. The van der Waals surface area contributed by atoms with E-state index in [0.717, 1.165) is 17.6 Å². The molecule has 2 heteroatoms. The Bertz CT molecular complexity index is 402. The van der Waals surface area contributed by atoms with Crippen molar-refractivity contribution in [3.8, 4) is 0 Å². The highest BCUT2D eigenvalue weighted by molar-refractivity contribution is 6.16. The molecule has 1 aliphatic carbocycles. The molecule has 1 aromatic rings. The minimum atomic E-state index is 0.569. The van der Waals surface area contributed by atoms with Crippen molar-refractivity contribution in [2.75, 3.05) is 0 Å². The lowest BCUT2D eigenvalue weighted by molar-refractivity contribution is 1.27. The summed E-state index contributed by atoms with van der Waals surface area (Å²) >= 11 is 0. The number of rotatable bonds is 1. The highest BCUT2D eigenvalue weighted by Gasteiger charge is 2.19. The van der Waals surface area contributed by atoms with E-state index in [1.807, 2.05) is 24.3 Å². The van der Waals surface area contributed by atoms with E-state index in [1.54, 1.807) is 6.08 Å². The van der Waals surface area contributed by atoms with Crippen molar-refractivity contribution >= 4 is 11.9 Å². The van der Waals surface area contributed by atoms with Crippen LogP contribution < -0.4 is 0 Å². The maximum atomic E-state index is 7.82. The summed E-state index contributed by atoms with van der Waals surface area (Å²) in [4.78, 5) is 0. The molecule has 0 spiro atoms. The molecular formula is C11H10N2. The first-order chi connectivity index (χ1) is 6.33. The molecule has 0 saturated heterocycles. The van der Waals surface area contributed by atoms with E-state index in [4.69, 9.17) is 10.8 Å². The van der Waals surface area contributed by atoms with Gasteiger partial charge in [0, 0.05) is 18.2 Å². The van der Waals surface area contributed by atoms with Gasteiger partial charge < -0.3 is 5.41 Å². The van der Waals surface area contributed by atoms with Gasteiger partial charge in [-0.1, -0.05) is 24.3 Å². The minimum absolute atomic E-state index is 0.569. The molecular weight excluding hydrogens is 160 g/mol. The van der Waals surface area contributed by atoms with E-state index in [2.05, 4.69) is 0 Å². The predicted octanol–water partition coefficient (Wildman–Crippen LogP) is 2.19. The van der Waals surface area contributed by atoms with Gasteiger partial charge in [-0.15, -0.1) is 0 Å². The zero-order valence-corrected chi connectivity index (χ0v) is 7.17. The molecule has 0 atom stereocenters. The first-order valence-electron chi connectivity index (χ1n) is 4.20. The monoisotopic (exact) mass is 170 g/mol. The van der Waals surface area contributed by atoms with Crippen LogP contribution in [-0.2, 0) is 6.42 Å². The van der Waals surface area contributed by atoms with Crippen LogP contribution in [0.15, 0.2) is 35.9 Å². The van der Waals surface area contributed by atoms with Gasteiger partial charge in [-0.2, -0.15) is 0 Å². The molecule has 0 aliphatic heterocycles. The fraction of sp³-hybridized carbons (Fsp3) is 0.0909. The molecule has 13 heavy (non-hydrogen) atoms. The number of hydrogen-bond donors (Lipinski definition) is 2. The highest BCUT2D eigenvalue weighted by Crippen LogP contribution is 2.25. The quantitative estimate of drug-likeness (QED) is 0.607. The smallest absolute Gasteiger partial charge is 0.0650 e. The van der Waals surface area contributed by atoms with Crippen molar-refractivity contribution in [2.45, 2.75) is 6.42 Å². The summed E-state index contributed by atoms with van der Waals surface area (Å²) < 4.78 is 0. The average Bonchev–Trinajstić information content (AvgIpc) is 2.46. The molecule has 0 aromatic heterocycles. The second-order valence-electron chi connectivity index (χ2n) is 3.07. The summed E-state index contributed by atoms with van der Waals surface area (Å²) in [6, 6.07) is 7.93. The summed E-state index contributed by atoms with van der Waals surface area (Å²) in [5.74, 6) is 0. The van der Waals surface area contributed by atoms with Crippen LogP contribution in [0.3, 0.4) is 0 Å². The molecule has 2 nitrogen and oxygen atoms in total. The fourth-order valence-electron chi connectivity index (χ4n) is 1.63. The maximum absolute atomic E-state index is 7.82. The number of nitrogens with one attached hydrogen (secondary N) is 2. The van der Waals surface area contributed by atoms with Crippen LogP contribution in [0.4, 0.5) is 0 Å². The lowest BCUT2D eigenvalue weighted by atomic mass is 10.1. The van der Waals surface area contributed by atoms with Crippen LogP contribution in [0.2, 0.25) is 0 Å². The first kappa shape index (κ1) is 7.92. The summed E-state index contributed by atoms with van der Waals surface area (Å²) in [6.07, 6.45) is 3.74. The lowest BCUT2D eigenvalue weighted by Crippen LogP contribution is -1.95. The number of fused-ring (bicyclic) bond motifs is 1. The maximum Gasteiger partial charge on any atom is 0.0650 e. The normalized spacial score (nSPS) is 17.5. The molecule has 1 aliphatic rings. The van der Waals surface area contributed by atoms with Crippen molar-refractivity contribution in [2.24, 2.45) is 0 Å². The first-order valence-corrected chi connectivity index (χ1v) is 4.20. The minimum Gasteiger partial charge on any atom is -0.309 e. The Labute approximate surface area is 76.9 Å². The predicted molar refractivity (Wildman–Crippen MR) is 53.8 cm³/mol. The Balaban J connectivity index is 2.49. The summed E-state index contributed by atoms with van der Waals surface area (Å²) in [5.41, 5.74) is 3.71. The Hall–Kier alpha value is -1.70. The van der Waals surface area contributed by atoms with Crippen molar-refractivity contribution in [1.29, 1.82) is 10.8 Å². The summed E-state index contributed by atoms with van der Waals surface area (Å²) in [5, 5.41) is 14.8. The summed E-state index contributed by atoms with van der Waals surface area (Å²) in [7, 11) is 0. The molecule has 0 saturated carbocycles. The Kier molecular flexibility index (Phi) is 1.81. The van der Waals surface area contributed by atoms with Gasteiger partial charge >= 0.3 is 0 Å². The van der Waals surface area contributed by atoms with Crippen molar-refractivity contribution < 1.29 is 0 Å². The van der Waals surface area contributed by atoms with Gasteiger partial charge in [0.2, 0.25) is 0 Å². The van der Waals surface area contributed by atoms with E-state index in [1.165, 1.54) is 11.8 Å². The van der Waals surface area contributed by atoms with E-state index in [-0.39, 0.29) is 0 Å². The highest BCUT2D eigenvalue weighted by atomic mass is 14.5. The van der Waals surface area contributed by atoms with Gasteiger partial charge in [-0.3, -0.25) is 5.41 Å². The van der Waals surface area contributed by atoms with Gasteiger partial charge in [0.15, 0.2) is 0 Å². The van der Waals surface area contributed by atoms with Gasteiger partial charge in [0.1, 0.15) is 0 Å². The Morgan fingerprint density at radius 1 is 1.23 bits per heavy atom. The van der Waals surface area contributed by atoms with Gasteiger partial charge in [-0.05, 0) is 17.2 Å². The second kappa shape index (κ2) is 2.98. The third kappa shape index (κ3) is 1.20. The largest absolute Gasteiger partial charge is 0.309 e. The van der Waals surface area contributed by atoms with Crippen LogP contribution in [0, 0.1) is 10.8 Å². The fourth-order valence-corrected chi connectivity index (χ4v) is 1.63. The van der Waals surface area contributed by atoms with Crippen molar-refractivity contribution in [3.63, 3.8) is 0 Å². The zero-order valence-electron chi connectivity index (χ0n) is 7.17. The van der Waals surface area contributed by atoms with Gasteiger partial charge in [-0.25, -0.2) is 0 Å². The number of hydrogen-bond acceptors (Lipinski definition) is 2. The molecule has 1 aromatic carbocycles. The molecule has 0 unspecified atom stereocenters. The van der Waals surface area contributed by atoms with Crippen LogP contribution in [-0.4, -0.2) is 11.9 Å². The lowest BCUT2D eigenvalue weighted by Gasteiger charge is -1.94. The standard InChI is InChI=1S/C11H10N2/c12-6-5-9-7-8-3-1-2-4-10(8)11(9)13/h1-6,12-13H,7H2/b9-5-,12-6?,13-11?. The molecule has 0 fully saturated rings. The van der Waals surface area contributed by atoms with Gasteiger partial charge in [0.05, 0.1) is 5.71 Å². The van der Waals surface area contributed by atoms with E-state index < -0.39 is 0 Å². The van der Waals surface area contributed by atoms with Crippen molar-refractivity contribution in [3.05, 3.63) is 47.0 Å². The van der Waals surface area contributed by atoms with E-state index in [9.17, 15) is 0 Å². The zero-order chi connectivity index (χ0) is 9.26. The number of allylic oxidation sites excluding steroid dienone is 2. The molecule has 64 valence electrons. The Morgan fingerprint density at radius 2 is 2.00 bits per heavy atom.